The Morgan fingerprint density at radius 3 is 1.81 bits per heavy atom. The highest BCUT2D eigenvalue weighted by Crippen LogP contribution is 2.31. The van der Waals surface area contributed by atoms with E-state index in [0.29, 0.717) is 5.69 Å². The van der Waals surface area contributed by atoms with E-state index in [9.17, 15) is 0 Å². The van der Waals surface area contributed by atoms with E-state index in [-0.39, 0.29) is 0 Å². The van der Waals surface area contributed by atoms with Crippen LogP contribution in [-0.4, -0.2) is 17.0 Å². The van der Waals surface area contributed by atoms with Crippen LogP contribution in [0.1, 0.15) is 27.8 Å². The van der Waals surface area contributed by atoms with Crippen molar-refractivity contribution in [1.29, 1.82) is 0 Å². The van der Waals surface area contributed by atoms with Crippen molar-refractivity contribution in [2.75, 3.05) is 18.1 Å². The number of hydrogen-bond acceptors (Lipinski definition) is 4. The van der Waals surface area contributed by atoms with Crippen molar-refractivity contribution < 1.29 is 0 Å². The molecule has 57 heavy (non-hydrogen) atoms. The number of H-pyrrole nitrogens is 1. The molecule has 0 atom stereocenters. The molecule has 282 valence electrons. The lowest BCUT2D eigenvalue weighted by atomic mass is 9.93. The Morgan fingerprint density at radius 1 is 0.614 bits per heavy atom. The van der Waals surface area contributed by atoms with Crippen LogP contribution < -0.4 is 16.8 Å². The SMILES string of the molecule is C=C(Nc1ccc[nH]1)c1cccnc1-c1ccccc1N.CN.Cc1ccc(-c2ccc(/C(=C/Cc3ccc(-c4ccccc4)cc3)c3ccccc3)cc2)cc1. The van der Waals surface area contributed by atoms with Crippen LogP contribution in [0.15, 0.2) is 207 Å². The number of nitrogens with zero attached hydrogens (tertiary/aromatic N) is 1. The number of allylic oxidation sites excluding steroid dienone is 1. The van der Waals surface area contributed by atoms with Gasteiger partial charge in [0, 0.05) is 34.9 Å². The normalized spacial score (nSPS) is 10.7. The molecule has 0 amide bonds. The zero-order valence-corrected chi connectivity index (χ0v) is 32.6. The van der Waals surface area contributed by atoms with Crippen LogP contribution in [0.2, 0.25) is 0 Å². The van der Waals surface area contributed by atoms with Gasteiger partial charge in [-0.2, -0.15) is 0 Å². The fourth-order valence-corrected chi connectivity index (χ4v) is 6.51. The molecule has 0 fully saturated rings. The summed E-state index contributed by atoms with van der Waals surface area (Å²) in [7, 11) is 1.50. The van der Waals surface area contributed by atoms with E-state index in [1.165, 1.54) is 57.1 Å². The summed E-state index contributed by atoms with van der Waals surface area (Å²) in [5.74, 6) is 0.885. The quantitative estimate of drug-likeness (QED) is 0.105. The second-order valence-electron chi connectivity index (χ2n) is 13.4. The lowest BCUT2D eigenvalue weighted by Gasteiger charge is -2.13. The summed E-state index contributed by atoms with van der Waals surface area (Å²) >= 11 is 0. The molecule has 0 bridgehead atoms. The van der Waals surface area contributed by atoms with E-state index in [4.69, 9.17) is 5.73 Å². The van der Waals surface area contributed by atoms with Crippen LogP contribution >= 0.6 is 0 Å². The zero-order valence-electron chi connectivity index (χ0n) is 32.6. The van der Waals surface area contributed by atoms with Crippen molar-refractivity contribution in [1.82, 2.24) is 9.97 Å². The first-order valence-corrected chi connectivity index (χ1v) is 19.1. The van der Waals surface area contributed by atoms with Gasteiger partial charge in [0.2, 0.25) is 0 Å². The maximum Gasteiger partial charge on any atom is 0.107 e. The minimum Gasteiger partial charge on any atom is -0.398 e. The Morgan fingerprint density at radius 2 is 1.18 bits per heavy atom. The van der Waals surface area contributed by atoms with Gasteiger partial charge in [-0.1, -0.05) is 170 Å². The average Bonchev–Trinajstić information content (AvgIpc) is 3.79. The maximum absolute atomic E-state index is 6.06. The molecular formula is C52H49N5. The zero-order chi connectivity index (χ0) is 39.8. The van der Waals surface area contributed by atoms with Crippen LogP contribution in [0.3, 0.4) is 0 Å². The van der Waals surface area contributed by atoms with Gasteiger partial charge in [0.05, 0.1) is 5.69 Å². The van der Waals surface area contributed by atoms with Gasteiger partial charge in [0.25, 0.3) is 0 Å². The molecule has 8 rings (SSSR count). The Kier molecular flexibility index (Phi) is 13.8. The first-order valence-electron chi connectivity index (χ1n) is 19.1. The van der Waals surface area contributed by atoms with E-state index in [1.807, 2.05) is 54.7 Å². The third kappa shape index (κ3) is 10.5. The molecule has 0 saturated heterocycles. The fraction of sp³-hybridized carbons (Fsp3) is 0.0577. The van der Waals surface area contributed by atoms with Crippen LogP contribution in [0.4, 0.5) is 11.5 Å². The molecule has 0 saturated carbocycles. The number of aryl methyl sites for hydroxylation is 1. The molecule has 0 spiro atoms. The number of aromatic amines is 1. The average molecular weight is 744 g/mol. The summed E-state index contributed by atoms with van der Waals surface area (Å²) in [4.78, 5) is 7.56. The van der Waals surface area contributed by atoms with Crippen LogP contribution in [0, 0.1) is 6.92 Å². The lowest BCUT2D eigenvalue weighted by molar-refractivity contribution is 1.27. The predicted molar refractivity (Wildman–Crippen MR) is 243 cm³/mol. The van der Waals surface area contributed by atoms with E-state index in [0.717, 1.165) is 34.8 Å². The lowest BCUT2D eigenvalue weighted by Crippen LogP contribution is -2.02. The molecular weight excluding hydrogens is 695 g/mol. The number of pyridine rings is 1. The molecule has 5 heteroatoms. The molecule has 0 aliphatic heterocycles. The number of para-hydroxylation sites is 1. The van der Waals surface area contributed by atoms with Gasteiger partial charge in [-0.05, 0) is 95.2 Å². The number of benzene rings is 6. The van der Waals surface area contributed by atoms with Crippen molar-refractivity contribution in [3.05, 3.63) is 235 Å². The van der Waals surface area contributed by atoms with E-state index < -0.39 is 0 Å². The molecule has 0 unspecified atom stereocenters. The monoisotopic (exact) mass is 743 g/mol. The van der Waals surface area contributed by atoms with Crippen molar-refractivity contribution in [3.8, 4) is 33.5 Å². The molecule has 8 aromatic rings. The van der Waals surface area contributed by atoms with Crippen LogP contribution in [-0.2, 0) is 6.42 Å². The first-order chi connectivity index (χ1) is 28.0. The van der Waals surface area contributed by atoms with Gasteiger partial charge in [0.1, 0.15) is 5.82 Å². The smallest absolute Gasteiger partial charge is 0.107 e. The Hall–Kier alpha value is -7.21. The number of nitrogen functional groups attached to an aromatic ring is 1. The summed E-state index contributed by atoms with van der Waals surface area (Å²) in [6.07, 6.45) is 6.86. The first kappa shape index (κ1) is 39.5. The summed E-state index contributed by atoms with van der Waals surface area (Å²) in [6, 6.07) is 63.2. The summed E-state index contributed by atoms with van der Waals surface area (Å²) < 4.78 is 0. The molecule has 0 radical (unpaired) electrons. The van der Waals surface area contributed by atoms with Crippen molar-refractivity contribution in [2.24, 2.45) is 5.73 Å². The molecule has 2 aromatic heterocycles. The van der Waals surface area contributed by atoms with Gasteiger partial charge >= 0.3 is 0 Å². The molecule has 6 aromatic carbocycles. The van der Waals surface area contributed by atoms with Gasteiger partial charge in [-0.25, -0.2) is 0 Å². The number of aromatic nitrogens is 2. The maximum atomic E-state index is 6.06. The number of hydrogen-bond donors (Lipinski definition) is 4. The molecule has 0 aliphatic rings. The molecule has 6 N–H and O–H groups in total. The second kappa shape index (κ2) is 19.9. The minimum atomic E-state index is 0.699. The Balaban J connectivity index is 0.000000205. The van der Waals surface area contributed by atoms with E-state index in [2.05, 4.69) is 174 Å². The summed E-state index contributed by atoms with van der Waals surface area (Å²) in [6.45, 7) is 6.23. The summed E-state index contributed by atoms with van der Waals surface area (Å²) in [5.41, 5.74) is 26.0. The third-order valence-corrected chi connectivity index (χ3v) is 9.50. The highest BCUT2D eigenvalue weighted by molar-refractivity contribution is 5.86. The summed E-state index contributed by atoms with van der Waals surface area (Å²) in [5, 5.41) is 3.24. The Labute approximate surface area is 337 Å². The van der Waals surface area contributed by atoms with Crippen LogP contribution in [0.5, 0.6) is 0 Å². The number of rotatable bonds is 10. The van der Waals surface area contributed by atoms with E-state index >= 15 is 0 Å². The topological polar surface area (TPSA) is 92.8 Å². The van der Waals surface area contributed by atoms with Gasteiger partial charge in [0.15, 0.2) is 0 Å². The predicted octanol–water partition coefficient (Wildman–Crippen LogP) is 12.3. The molecule has 2 heterocycles. The van der Waals surface area contributed by atoms with E-state index in [1.54, 1.807) is 6.20 Å². The number of nitrogens with two attached hydrogens (primary N) is 2. The second-order valence-corrected chi connectivity index (χ2v) is 13.4. The van der Waals surface area contributed by atoms with Crippen molar-refractivity contribution >= 4 is 22.8 Å². The van der Waals surface area contributed by atoms with Crippen LogP contribution in [0.25, 0.3) is 44.8 Å². The van der Waals surface area contributed by atoms with Gasteiger partial charge in [-0.3, -0.25) is 4.98 Å². The fourth-order valence-electron chi connectivity index (χ4n) is 6.51. The molecule has 5 nitrogen and oxygen atoms in total. The highest BCUT2D eigenvalue weighted by atomic mass is 15.0. The highest BCUT2D eigenvalue weighted by Gasteiger charge is 2.12. The van der Waals surface area contributed by atoms with Gasteiger partial charge < -0.3 is 21.8 Å². The van der Waals surface area contributed by atoms with Gasteiger partial charge in [-0.15, -0.1) is 0 Å². The standard InChI is InChI=1S/C34H28.C17H16N4.CH5N/c1-26-12-17-29(18-13-26)31-21-23-33(24-22-31)34(32-10-6-3-7-11-32)25-16-27-14-19-30(20-15-27)28-8-4-2-5-9-28;1-12(21-16-9-5-10-19-16)13-7-4-11-20-17(13)14-6-2-3-8-15(14)18;1-2/h2-15,17-25H,16H2,1H3;2-11,19,21H,1,18H2;2H2,1H3/b34-25+;;. The van der Waals surface area contributed by atoms with Crippen molar-refractivity contribution in [3.63, 3.8) is 0 Å². The largest absolute Gasteiger partial charge is 0.398 e. The Bertz CT molecular complexity index is 2470. The third-order valence-electron chi connectivity index (χ3n) is 9.50. The molecule has 0 aliphatic carbocycles. The van der Waals surface area contributed by atoms with Crippen molar-refractivity contribution in [2.45, 2.75) is 13.3 Å². The number of nitrogens with one attached hydrogen (secondary N) is 2. The number of anilines is 2. The minimum absolute atomic E-state index is 0.699.